The van der Waals surface area contributed by atoms with Gasteiger partial charge in [-0.2, -0.15) is 4.98 Å². The van der Waals surface area contributed by atoms with E-state index in [4.69, 9.17) is 21.3 Å². The SMILES string of the molecule is C[C@@H]1CN(c2ncc(Nc3ncc4c(n3)N(c3cc(F)c(CN5CCOCC5)c(F)c3)CC4)cc2Cl)C[C@H](C)N1. The predicted octanol–water partition coefficient (Wildman–Crippen LogP) is 4.26. The number of ether oxygens (including phenoxy) is 1. The van der Waals surface area contributed by atoms with Gasteiger partial charge in [-0.3, -0.25) is 4.90 Å². The zero-order chi connectivity index (χ0) is 27.8. The quantitative estimate of drug-likeness (QED) is 0.452. The molecule has 0 radical (unpaired) electrons. The second-order valence-electron chi connectivity index (χ2n) is 10.7. The van der Waals surface area contributed by atoms with Crippen LogP contribution in [-0.2, 0) is 17.7 Å². The number of halogens is 3. The van der Waals surface area contributed by atoms with Crippen LogP contribution in [-0.4, -0.2) is 77.9 Å². The molecule has 12 heteroatoms. The number of morpholine rings is 1. The first-order chi connectivity index (χ1) is 19.3. The lowest BCUT2D eigenvalue weighted by atomic mass is 10.1. The maximum atomic E-state index is 15.1. The molecule has 212 valence electrons. The Balaban J connectivity index is 1.19. The first kappa shape index (κ1) is 27.1. The average Bonchev–Trinajstić information content (AvgIpc) is 3.34. The van der Waals surface area contributed by atoms with E-state index in [0.717, 1.165) is 24.5 Å². The number of hydrogen-bond donors (Lipinski definition) is 2. The van der Waals surface area contributed by atoms with Crippen LogP contribution >= 0.6 is 11.6 Å². The van der Waals surface area contributed by atoms with Gasteiger partial charge < -0.3 is 25.2 Å². The number of hydrogen-bond acceptors (Lipinski definition) is 9. The molecule has 0 saturated carbocycles. The van der Waals surface area contributed by atoms with E-state index in [1.165, 1.54) is 12.1 Å². The fourth-order valence-electron chi connectivity index (χ4n) is 5.70. The number of nitrogens with zero attached hydrogens (tertiary/aromatic N) is 6. The van der Waals surface area contributed by atoms with E-state index in [2.05, 4.69) is 39.3 Å². The molecular formula is C28H33ClF2N8O. The second-order valence-corrected chi connectivity index (χ2v) is 11.2. The molecule has 1 aromatic carbocycles. The van der Waals surface area contributed by atoms with Crippen LogP contribution in [0.1, 0.15) is 25.0 Å². The molecule has 0 unspecified atom stereocenters. The third-order valence-electron chi connectivity index (χ3n) is 7.56. The highest BCUT2D eigenvalue weighted by Crippen LogP contribution is 2.36. The number of nitrogens with one attached hydrogen (secondary N) is 2. The minimum atomic E-state index is -0.559. The van der Waals surface area contributed by atoms with E-state index in [9.17, 15) is 0 Å². The molecule has 0 amide bonds. The lowest BCUT2D eigenvalue weighted by Gasteiger charge is -2.37. The van der Waals surface area contributed by atoms with Gasteiger partial charge in [0, 0.05) is 74.4 Å². The van der Waals surface area contributed by atoms with Crippen LogP contribution in [0.2, 0.25) is 5.02 Å². The Bertz CT molecular complexity index is 1360. The van der Waals surface area contributed by atoms with Crippen molar-refractivity contribution in [1.29, 1.82) is 0 Å². The Morgan fingerprint density at radius 3 is 2.42 bits per heavy atom. The zero-order valence-electron chi connectivity index (χ0n) is 22.6. The van der Waals surface area contributed by atoms with Gasteiger partial charge in [0.05, 0.1) is 30.1 Å². The Labute approximate surface area is 237 Å². The zero-order valence-corrected chi connectivity index (χ0v) is 23.4. The third kappa shape index (κ3) is 5.69. The van der Waals surface area contributed by atoms with Crippen molar-refractivity contribution in [3.8, 4) is 0 Å². The van der Waals surface area contributed by atoms with Crippen LogP contribution in [0.5, 0.6) is 0 Å². The molecule has 3 aromatic rings. The first-order valence-corrected chi connectivity index (χ1v) is 14.1. The van der Waals surface area contributed by atoms with Gasteiger partial charge in [-0.05, 0) is 38.5 Å². The smallest absolute Gasteiger partial charge is 0.229 e. The summed E-state index contributed by atoms with van der Waals surface area (Å²) in [6.45, 7) is 9.16. The van der Waals surface area contributed by atoms with Crippen molar-refractivity contribution in [2.45, 2.75) is 38.9 Å². The summed E-state index contributed by atoms with van der Waals surface area (Å²) in [5.74, 6) is 0.602. The van der Waals surface area contributed by atoms with Crippen LogP contribution in [0.25, 0.3) is 0 Å². The summed E-state index contributed by atoms with van der Waals surface area (Å²) in [7, 11) is 0. The van der Waals surface area contributed by atoms with Gasteiger partial charge in [-0.15, -0.1) is 0 Å². The van der Waals surface area contributed by atoms with Crippen LogP contribution in [0.4, 0.5) is 37.7 Å². The molecule has 2 saturated heterocycles. The summed E-state index contributed by atoms with van der Waals surface area (Å²) in [5.41, 5.74) is 2.07. The van der Waals surface area contributed by atoms with Gasteiger partial charge in [0.2, 0.25) is 5.95 Å². The van der Waals surface area contributed by atoms with Crippen molar-refractivity contribution in [2.75, 3.05) is 61.1 Å². The standard InChI is InChI=1S/C28H33ClF2N8O/c1-17-14-38(15-18(2)34-17)27-23(29)9-20(13-32-27)35-28-33-12-19-3-4-39(26(19)36-28)21-10-24(30)22(25(31)11-21)16-37-5-7-40-8-6-37/h9-13,17-18,34H,3-8,14-16H2,1-2H3,(H,33,35,36)/t17-,18+. The molecule has 3 aliphatic rings. The number of aromatic nitrogens is 3. The van der Waals surface area contributed by atoms with Crippen molar-refractivity contribution in [2.24, 2.45) is 0 Å². The van der Waals surface area contributed by atoms with Crippen LogP contribution in [0.15, 0.2) is 30.6 Å². The van der Waals surface area contributed by atoms with E-state index in [1.807, 2.05) is 15.9 Å². The average molecular weight is 571 g/mol. The number of anilines is 5. The largest absolute Gasteiger partial charge is 0.379 e. The van der Waals surface area contributed by atoms with Crippen LogP contribution in [0, 0.1) is 11.6 Å². The Hall–Kier alpha value is -3.12. The highest BCUT2D eigenvalue weighted by atomic mass is 35.5. The molecule has 0 bridgehead atoms. The molecule has 2 atom stereocenters. The molecule has 9 nitrogen and oxygen atoms in total. The van der Waals surface area contributed by atoms with Crippen molar-refractivity contribution in [1.82, 2.24) is 25.2 Å². The maximum absolute atomic E-state index is 15.1. The highest BCUT2D eigenvalue weighted by molar-refractivity contribution is 6.33. The molecular weight excluding hydrogens is 538 g/mol. The van der Waals surface area contributed by atoms with Crippen LogP contribution in [0.3, 0.4) is 0 Å². The molecule has 0 spiro atoms. The molecule has 0 aliphatic carbocycles. The summed E-state index contributed by atoms with van der Waals surface area (Å²) in [4.78, 5) is 19.8. The predicted molar refractivity (Wildman–Crippen MR) is 152 cm³/mol. The first-order valence-electron chi connectivity index (χ1n) is 13.7. The Morgan fingerprint density at radius 2 is 1.73 bits per heavy atom. The van der Waals surface area contributed by atoms with Gasteiger partial charge >= 0.3 is 0 Å². The maximum Gasteiger partial charge on any atom is 0.229 e. The van der Waals surface area contributed by atoms with E-state index in [1.54, 1.807) is 12.4 Å². The topological polar surface area (TPSA) is 81.7 Å². The lowest BCUT2D eigenvalue weighted by Crippen LogP contribution is -2.54. The van der Waals surface area contributed by atoms with Crippen LogP contribution < -0.4 is 20.4 Å². The number of piperazine rings is 1. The lowest BCUT2D eigenvalue weighted by molar-refractivity contribution is 0.0332. The number of benzene rings is 1. The van der Waals surface area contributed by atoms with E-state index in [0.29, 0.717) is 79.5 Å². The fourth-order valence-corrected chi connectivity index (χ4v) is 5.98. The van der Waals surface area contributed by atoms with Gasteiger partial charge in [0.25, 0.3) is 0 Å². The molecule has 3 aliphatic heterocycles. The second kappa shape index (κ2) is 11.4. The summed E-state index contributed by atoms with van der Waals surface area (Å²) in [5, 5.41) is 7.23. The molecule has 2 N–H and O–H groups in total. The Kier molecular flexibility index (Phi) is 7.71. The molecule has 40 heavy (non-hydrogen) atoms. The molecule has 2 fully saturated rings. The van der Waals surface area contributed by atoms with Crippen molar-refractivity contribution >= 4 is 40.6 Å². The van der Waals surface area contributed by atoms with E-state index in [-0.39, 0.29) is 12.1 Å². The number of rotatable bonds is 6. The number of fused-ring (bicyclic) bond motifs is 1. The van der Waals surface area contributed by atoms with E-state index < -0.39 is 11.6 Å². The summed E-state index contributed by atoms with van der Waals surface area (Å²) >= 11 is 6.63. The van der Waals surface area contributed by atoms with Gasteiger partial charge in [0.1, 0.15) is 23.3 Å². The summed E-state index contributed by atoms with van der Waals surface area (Å²) in [6.07, 6.45) is 4.14. The van der Waals surface area contributed by atoms with Crippen molar-refractivity contribution < 1.29 is 13.5 Å². The fraction of sp³-hybridized carbons (Fsp3) is 0.464. The number of pyridine rings is 1. The van der Waals surface area contributed by atoms with E-state index >= 15 is 8.78 Å². The third-order valence-corrected chi connectivity index (χ3v) is 7.84. The van der Waals surface area contributed by atoms with Gasteiger partial charge in [-0.25, -0.2) is 18.7 Å². The van der Waals surface area contributed by atoms with Gasteiger partial charge in [0.15, 0.2) is 0 Å². The minimum absolute atomic E-state index is 0.0765. The van der Waals surface area contributed by atoms with Gasteiger partial charge in [-0.1, -0.05) is 11.6 Å². The Morgan fingerprint density at radius 1 is 1.00 bits per heavy atom. The summed E-state index contributed by atoms with van der Waals surface area (Å²) < 4.78 is 35.6. The van der Waals surface area contributed by atoms with Crippen molar-refractivity contribution in [3.63, 3.8) is 0 Å². The highest BCUT2D eigenvalue weighted by Gasteiger charge is 2.27. The molecule has 5 heterocycles. The monoisotopic (exact) mass is 570 g/mol. The minimum Gasteiger partial charge on any atom is -0.379 e. The molecule has 6 rings (SSSR count). The normalized spacial score (nSPS) is 21.5. The summed E-state index contributed by atoms with van der Waals surface area (Å²) in [6, 6.07) is 5.27. The van der Waals surface area contributed by atoms with Crippen molar-refractivity contribution in [3.05, 3.63) is 58.4 Å². The molecule has 2 aromatic heterocycles.